The lowest BCUT2D eigenvalue weighted by Gasteiger charge is -2.38. The maximum Gasteiger partial charge on any atom is 0.231 e. The Morgan fingerprint density at radius 3 is 2.55 bits per heavy atom. The van der Waals surface area contributed by atoms with E-state index in [2.05, 4.69) is 24.1 Å². The minimum atomic E-state index is -0.575. The van der Waals surface area contributed by atoms with Crippen molar-refractivity contribution in [2.45, 2.75) is 40.0 Å². The minimum Gasteiger partial charge on any atom is -0.324 e. The van der Waals surface area contributed by atoms with Gasteiger partial charge in [0.25, 0.3) is 0 Å². The Hall–Kier alpha value is -1.71. The van der Waals surface area contributed by atoms with E-state index in [4.69, 9.17) is 0 Å². The fourth-order valence-corrected chi connectivity index (χ4v) is 4.05. The van der Waals surface area contributed by atoms with Crippen LogP contribution in [0.5, 0.6) is 0 Å². The predicted molar refractivity (Wildman–Crippen MR) is 76.0 cm³/mol. The number of hydrogen-bond donors (Lipinski definition) is 1. The van der Waals surface area contributed by atoms with Crippen LogP contribution in [0.2, 0.25) is 0 Å². The average molecular weight is 272 g/mol. The van der Waals surface area contributed by atoms with Crippen LogP contribution < -0.4 is 5.32 Å². The Labute approximate surface area is 119 Å². The standard InChI is InChI=1S/C16H20N2O2/c1-14(2)15(3)6-7-16(14,9-12(15)19)13(20)18-11-5-4-8-17-10-11/h4-5,8,10H,6-7,9H2,1-3H3,(H,18,20)/t15-,16+/m1/s1. The molecule has 0 spiro atoms. The maximum absolute atomic E-state index is 12.8. The van der Waals surface area contributed by atoms with Gasteiger partial charge < -0.3 is 5.32 Å². The van der Waals surface area contributed by atoms with Gasteiger partial charge in [0.2, 0.25) is 5.91 Å². The van der Waals surface area contributed by atoms with Crippen LogP contribution in [-0.4, -0.2) is 16.7 Å². The maximum atomic E-state index is 12.8. The summed E-state index contributed by atoms with van der Waals surface area (Å²) in [6.07, 6.45) is 5.26. The molecule has 4 nitrogen and oxygen atoms in total. The highest BCUT2D eigenvalue weighted by Crippen LogP contribution is 2.70. The second-order valence-corrected chi connectivity index (χ2v) is 6.83. The molecule has 4 heteroatoms. The number of fused-ring (bicyclic) bond motifs is 2. The van der Waals surface area contributed by atoms with Gasteiger partial charge in [0.1, 0.15) is 5.78 Å². The first kappa shape index (κ1) is 13.3. The Morgan fingerprint density at radius 1 is 1.30 bits per heavy atom. The topological polar surface area (TPSA) is 59.1 Å². The third-order valence-corrected chi connectivity index (χ3v) is 6.06. The van der Waals surface area contributed by atoms with Gasteiger partial charge in [-0.05, 0) is 30.4 Å². The van der Waals surface area contributed by atoms with Crippen molar-refractivity contribution in [1.82, 2.24) is 4.98 Å². The number of ketones is 1. The molecule has 0 unspecified atom stereocenters. The van der Waals surface area contributed by atoms with Crippen molar-refractivity contribution in [3.63, 3.8) is 0 Å². The number of carbonyl (C=O) groups excluding carboxylic acids is 2. The van der Waals surface area contributed by atoms with Gasteiger partial charge in [0.15, 0.2) is 0 Å². The largest absolute Gasteiger partial charge is 0.324 e. The number of hydrogen-bond acceptors (Lipinski definition) is 3. The Morgan fingerprint density at radius 2 is 2.05 bits per heavy atom. The summed E-state index contributed by atoms with van der Waals surface area (Å²) in [5.74, 6) is 0.195. The molecule has 2 aliphatic carbocycles. The van der Waals surface area contributed by atoms with E-state index in [0.717, 1.165) is 12.8 Å². The van der Waals surface area contributed by atoms with Gasteiger partial charge >= 0.3 is 0 Å². The fourth-order valence-electron chi connectivity index (χ4n) is 4.05. The third-order valence-electron chi connectivity index (χ3n) is 6.06. The number of carbonyl (C=O) groups is 2. The summed E-state index contributed by atoms with van der Waals surface area (Å²) < 4.78 is 0. The van der Waals surface area contributed by atoms with E-state index in [9.17, 15) is 9.59 Å². The zero-order valence-electron chi connectivity index (χ0n) is 12.2. The fraction of sp³-hybridized carbons (Fsp3) is 0.562. The summed E-state index contributed by atoms with van der Waals surface area (Å²) in [7, 11) is 0. The number of Topliss-reactive ketones (excluding diaryl/α,β-unsaturated/α-hetero) is 1. The van der Waals surface area contributed by atoms with Crippen LogP contribution in [0.25, 0.3) is 0 Å². The van der Waals surface area contributed by atoms with Gasteiger partial charge in [-0.25, -0.2) is 0 Å². The van der Waals surface area contributed by atoms with Gasteiger partial charge in [0.05, 0.1) is 17.3 Å². The van der Waals surface area contributed by atoms with E-state index in [1.165, 1.54) is 0 Å². The molecular weight excluding hydrogens is 252 g/mol. The number of nitrogens with one attached hydrogen (secondary N) is 1. The quantitative estimate of drug-likeness (QED) is 0.900. The van der Waals surface area contributed by atoms with E-state index < -0.39 is 5.41 Å². The highest BCUT2D eigenvalue weighted by molar-refractivity contribution is 6.04. The molecule has 1 aromatic heterocycles. The summed E-state index contributed by atoms with van der Waals surface area (Å²) in [5, 5.41) is 2.94. The van der Waals surface area contributed by atoms with Gasteiger partial charge in [0, 0.05) is 18.0 Å². The number of anilines is 1. The normalized spacial score (nSPS) is 34.2. The second kappa shape index (κ2) is 3.90. The zero-order valence-corrected chi connectivity index (χ0v) is 12.2. The molecule has 106 valence electrons. The third kappa shape index (κ3) is 1.39. The highest BCUT2D eigenvalue weighted by Gasteiger charge is 2.72. The van der Waals surface area contributed by atoms with Gasteiger partial charge in [-0.3, -0.25) is 14.6 Å². The van der Waals surface area contributed by atoms with Crippen LogP contribution in [0.3, 0.4) is 0 Å². The van der Waals surface area contributed by atoms with Crippen molar-refractivity contribution in [3.8, 4) is 0 Å². The zero-order chi connectivity index (χ0) is 14.6. The van der Waals surface area contributed by atoms with Crippen molar-refractivity contribution in [2.24, 2.45) is 16.2 Å². The lowest BCUT2D eigenvalue weighted by Crippen LogP contribution is -2.43. The van der Waals surface area contributed by atoms with Gasteiger partial charge in [-0.1, -0.05) is 20.8 Å². The lowest BCUT2D eigenvalue weighted by atomic mass is 9.64. The number of amides is 1. The smallest absolute Gasteiger partial charge is 0.231 e. The summed E-state index contributed by atoms with van der Waals surface area (Å²) in [4.78, 5) is 29.2. The number of pyridine rings is 1. The van der Waals surface area contributed by atoms with Crippen LogP contribution in [0.1, 0.15) is 40.0 Å². The Kier molecular flexibility index (Phi) is 2.59. The van der Waals surface area contributed by atoms with E-state index in [-0.39, 0.29) is 22.5 Å². The van der Waals surface area contributed by atoms with Crippen molar-refractivity contribution >= 4 is 17.4 Å². The minimum absolute atomic E-state index is 0.0370. The molecule has 20 heavy (non-hydrogen) atoms. The van der Waals surface area contributed by atoms with Crippen molar-refractivity contribution < 1.29 is 9.59 Å². The van der Waals surface area contributed by atoms with Crippen LogP contribution >= 0.6 is 0 Å². The molecule has 1 heterocycles. The molecule has 0 aromatic carbocycles. The molecule has 2 fully saturated rings. The molecular formula is C16H20N2O2. The van der Waals surface area contributed by atoms with Crippen molar-refractivity contribution in [1.29, 1.82) is 0 Å². The Bertz CT molecular complexity index is 581. The predicted octanol–water partition coefficient (Wildman–Crippen LogP) is 2.81. The monoisotopic (exact) mass is 272 g/mol. The molecule has 2 aliphatic rings. The first-order valence-electron chi connectivity index (χ1n) is 7.08. The van der Waals surface area contributed by atoms with Gasteiger partial charge in [-0.2, -0.15) is 0 Å². The summed E-state index contributed by atoms with van der Waals surface area (Å²) in [6, 6.07) is 3.61. The number of nitrogens with zero attached hydrogens (tertiary/aromatic N) is 1. The summed E-state index contributed by atoms with van der Waals surface area (Å²) >= 11 is 0. The molecule has 0 radical (unpaired) electrons. The molecule has 1 amide bonds. The van der Waals surface area contributed by atoms with Crippen molar-refractivity contribution in [2.75, 3.05) is 5.32 Å². The van der Waals surface area contributed by atoms with E-state index >= 15 is 0 Å². The SMILES string of the molecule is CC1(C)[C@@]2(C(=O)Nc3cccnc3)CC[C@]1(C)C(=O)C2. The first-order chi connectivity index (χ1) is 9.33. The van der Waals surface area contributed by atoms with Crippen LogP contribution in [-0.2, 0) is 9.59 Å². The number of aromatic nitrogens is 1. The summed E-state index contributed by atoms with van der Waals surface area (Å²) in [6.45, 7) is 6.14. The molecule has 1 N–H and O–H groups in total. The van der Waals surface area contributed by atoms with E-state index in [1.54, 1.807) is 18.5 Å². The van der Waals surface area contributed by atoms with Crippen LogP contribution in [0.4, 0.5) is 5.69 Å². The molecule has 0 aliphatic heterocycles. The molecule has 2 saturated carbocycles. The highest BCUT2D eigenvalue weighted by atomic mass is 16.2. The molecule has 2 bridgehead atoms. The molecule has 1 aromatic rings. The van der Waals surface area contributed by atoms with Crippen LogP contribution in [0, 0.1) is 16.2 Å². The molecule has 0 saturated heterocycles. The average Bonchev–Trinajstić information content (AvgIpc) is 2.70. The molecule has 2 atom stereocenters. The van der Waals surface area contributed by atoms with Gasteiger partial charge in [-0.15, -0.1) is 0 Å². The van der Waals surface area contributed by atoms with E-state index in [1.807, 2.05) is 13.0 Å². The van der Waals surface area contributed by atoms with E-state index in [0.29, 0.717) is 12.1 Å². The van der Waals surface area contributed by atoms with Crippen LogP contribution in [0.15, 0.2) is 24.5 Å². The lowest BCUT2D eigenvalue weighted by molar-refractivity contribution is -0.131. The second-order valence-electron chi connectivity index (χ2n) is 6.83. The first-order valence-corrected chi connectivity index (χ1v) is 7.08. The Balaban J connectivity index is 1.94. The number of rotatable bonds is 2. The molecule has 3 rings (SSSR count). The summed E-state index contributed by atoms with van der Waals surface area (Å²) in [5.41, 5.74) is -0.548. The van der Waals surface area contributed by atoms with Crippen molar-refractivity contribution in [3.05, 3.63) is 24.5 Å².